The number of H-pyrrole nitrogens is 1. The van der Waals surface area contributed by atoms with Crippen molar-refractivity contribution in [2.45, 2.75) is 0 Å². The van der Waals surface area contributed by atoms with Crippen molar-refractivity contribution in [3.8, 4) is 0 Å². The predicted molar refractivity (Wildman–Crippen MR) is 15.2 cm³/mol. The van der Waals surface area contributed by atoms with E-state index in [0.29, 0.717) is 0 Å². The molecule has 4 heteroatoms. The van der Waals surface area contributed by atoms with Gasteiger partial charge < -0.3 is 16.4 Å². The first-order valence-corrected chi connectivity index (χ1v) is 1.22. The van der Waals surface area contributed by atoms with Gasteiger partial charge in [0.2, 0.25) is 0 Å². The van der Waals surface area contributed by atoms with E-state index in [1.54, 1.807) is 0 Å². The topological polar surface area (TPSA) is 41.6 Å². The normalized spacial score (nSPS) is 6.67. The van der Waals surface area contributed by atoms with E-state index in [1.165, 1.54) is 6.20 Å². The summed E-state index contributed by atoms with van der Waals surface area (Å²) in [4.78, 5) is 0. The largest absolute Gasteiger partial charge is 0.352 e. The Morgan fingerprint density at radius 2 is 2.50 bits per heavy atom. The molecule has 0 bridgehead atoms. The molecule has 1 N–H and O–H groups in total. The third-order valence-corrected chi connectivity index (χ3v) is 0.295. The second-order valence-corrected chi connectivity index (χ2v) is 0.603. The molecule has 1 rings (SSSR count). The van der Waals surface area contributed by atoms with E-state index in [9.17, 15) is 0 Å². The standard InChI is InChI=1S/C2H2N3.Re/c1-2-4-5-3-1;/h1H,(H,3,4,5);/q-1;. The van der Waals surface area contributed by atoms with Gasteiger partial charge in [-0.3, -0.25) is 0 Å². The average molecular weight is 254 g/mol. The molecule has 0 spiro atoms. The van der Waals surface area contributed by atoms with Crippen LogP contribution in [0.1, 0.15) is 0 Å². The molecule has 1 radical (unpaired) electrons. The summed E-state index contributed by atoms with van der Waals surface area (Å²) >= 11 is 0. The zero-order valence-electron chi connectivity index (χ0n) is 2.85. The third-order valence-electron chi connectivity index (χ3n) is 0.295. The molecule has 0 saturated carbocycles. The molecular weight excluding hydrogens is 252 g/mol. The Bertz CT molecular complexity index is 65.3. The van der Waals surface area contributed by atoms with Crippen LogP contribution in [-0.4, -0.2) is 15.4 Å². The monoisotopic (exact) mass is 255 g/mol. The Labute approximate surface area is 48.8 Å². The fourth-order valence-electron chi connectivity index (χ4n) is 0.144. The molecule has 0 saturated heterocycles. The SMILES string of the molecule is [Re].[c-]1c[nH]nn1. The molecule has 3 nitrogen and oxygen atoms in total. The summed E-state index contributed by atoms with van der Waals surface area (Å²) in [6, 6.07) is 0. The maximum Gasteiger partial charge on any atom is 0 e. The molecule has 0 fully saturated rings. The van der Waals surface area contributed by atoms with Crippen molar-refractivity contribution in [2.24, 2.45) is 0 Å². The number of rotatable bonds is 0. The van der Waals surface area contributed by atoms with E-state index in [4.69, 9.17) is 0 Å². The van der Waals surface area contributed by atoms with Crippen molar-refractivity contribution in [1.82, 2.24) is 15.4 Å². The number of aromatic nitrogens is 3. The second-order valence-electron chi connectivity index (χ2n) is 0.603. The van der Waals surface area contributed by atoms with E-state index in [-0.39, 0.29) is 20.4 Å². The van der Waals surface area contributed by atoms with Gasteiger partial charge in [0.25, 0.3) is 0 Å². The number of hydrogen-bond acceptors (Lipinski definition) is 2. The first kappa shape index (κ1) is 5.80. The minimum absolute atomic E-state index is 0. The minimum Gasteiger partial charge on any atom is -0.352 e. The Morgan fingerprint density at radius 1 is 1.67 bits per heavy atom. The van der Waals surface area contributed by atoms with Crippen molar-refractivity contribution in [2.75, 3.05) is 0 Å². The average Bonchev–Trinajstić information content (AvgIpc) is 1.76. The molecule has 0 unspecified atom stereocenters. The zero-order chi connectivity index (χ0) is 3.54. The molecule has 1 aromatic heterocycles. The molecule has 0 aliphatic heterocycles. The summed E-state index contributed by atoms with van der Waals surface area (Å²) in [6.45, 7) is 0. The number of nitrogens with one attached hydrogen (secondary N) is 1. The van der Waals surface area contributed by atoms with E-state index in [2.05, 4.69) is 21.6 Å². The van der Waals surface area contributed by atoms with E-state index < -0.39 is 0 Å². The molecule has 0 aromatic carbocycles. The van der Waals surface area contributed by atoms with Gasteiger partial charge in [0.1, 0.15) is 0 Å². The molecule has 33 valence electrons. The van der Waals surface area contributed by atoms with Gasteiger partial charge in [-0.2, -0.15) is 0 Å². The summed E-state index contributed by atoms with van der Waals surface area (Å²) in [7, 11) is 0. The van der Waals surface area contributed by atoms with Gasteiger partial charge in [-0.25, -0.2) is 0 Å². The van der Waals surface area contributed by atoms with Crippen LogP contribution in [0.5, 0.6) is 0 Å². The van der Waals surface area contributed by atoms with Crippen LogP contribution in [0.15, 0.2) is 6.20 Å². The van der Waals surface area contributed by atoms with Crippen molar-refractivity contribution < 1.29 is 20.4 Å². The molecule has 6 heavy (non-hydrogen) atoms. The maximum atomic E-state index is 3.29. The third kappa shape index (κ3) is 1.29. The van der Waals surface area contributed by atoms with Crippen LogP contribution in [0.4, 0.5) is 0 Å². The smallest absolute Gasteiger partial charge is 0 e. The number of hydrogen-bond donors (Lipinski definition) is 1. The molecule has 0 atom stereocenters. The van der Waals surface area contributed by atoms with Crippen LogP contribution in [0.3, 0.4) is 0 Å². The van der Waals surface area contributed by atoms with Gasteiger partial charge in [0.05, 0.1) is 0 Å². The van der Waals surface area contributed by atoms with Crippen molar-refractivity contribution in [3.63, 3.8) is 0 Å². The first-order chi connectivity index (χ1) is 2.50. The summed E-state index contributed by atoms with van der Waals surface area (Å²) in [5, 5.41) is 9.03. The fourth-order valence-corrected chi connectivity index (χ4v) is 0.144. The first-order valence-electron chi connectivity index (χ1n) is 1.22. The summed E-state index contributed by atoms with van der Waals surface area (Å²) < 4.78 is 0. The van der Waals surface area contributed by atoms with Crippen molar-refractivity contribution >= 4 is 0 Å². The Kier molecular flexibility index (Phi) is 2.91. The van der Waals surface area contributed by atoms with Gasteiger partial charge in [0, 0.05) is 20.4 Å². The molecular formula is C2H2N3Re-. The van der Waals surface area contributed by atoms with Crippen LogP contribution in [-0.2, 0) is 20.4 Å². The number of aromatic amines is 1. The summed E-state index contributed by atoms with van der Waals surface area (Å²) in [6.07, 6.45) is 3.97. The van der Waals surface area contributed by atoms with Gasteiger partial charge in [-0.15, -0.1) is 11.4 Å². The maximum absolute atomic E-state index is 3.29. The zero-order valence-corrected chi connectivity index (χ0v) is 5.57. The number of nitrogens with zero attached hydrogens (tertiary/aromatic N) is 2. The van der Waals surface area contributed by atoms with Gasteiger partial charge in [0.15, 0.2) is 0 Å². The predicted octanol–water partition coefficient (Wildman–Crippen LogP) is -0.398. The molecule has 0 amide bonds. The van der Waals surface area contributed by atoms with Crippen LogP contribution in [0, 0.1) is 6.20 Å². The van der Waals surface area contributed by atoms with Crippen molar-refractivity contribution in [3.05, 3.63) is 12.4 Å². The second kappa shape index (κ2) is 3.01. The van der Waals surface area contributed by atoms with Crippen molar-refractivity contribution in [1.29, 1.82) is 0 Å². The van der Waals surface area contributed by atoms with Crippen LogP contribution in [0.25, 0.3) is 0 Å². The molecule has 1 aromatic rings. The fraction of sp³-hybridized carbons (Fsp3) is 0. The molecule has 0 aliphatic carbocycles. The summed E-state index contributed by atoms with van der Waals surface area (Å²) in [5.41, 5.74) is 0. The van der Waals surface area contributed by atoms with Gasteiger partial charge in [-0.1, -0.05) is 0 Å². The van der Waals surface area contributed by atoms with E-state index in [0.717, 1.165) is 0 Å². The van der Waals surface area contributed by atoms with E-state index in [1.807, 2.05) is 0 Å². The van der Waals surface area contributed by atoms with Gasteiger partial charge >= 0.3 is 0 Å². The summed E-state index contributed by atoms with van der Waals surface area (Å²) in [5.74, 6) is 0. The Hall–Kier alpha value is -0.198. The van der Waals surface area contributed by atoms with Crippen LogP contribution < -0.4 is 0 Å². The quantitative estimate of drug-likeness (QED) is 0.640. The minimum atomic E-state index is 0. The van der Waals surface area contributed by atoms with Crippen LogP contribution >= 0.6 is 0 Å². The molecule has 1 heterocycles. The Balaban J connectivity index is 0.000000250. The molecule has 0 aliphatic rings. The van der Waals surface area contributed by atoms with Crippen LogP contribution in [0.2, 0.25) is 0 Å². The van der Waals surface area contributed by atoms with Gasteiger partial charge in [-0.05, 0) is 0 Å². The Morgan fingerprint density at radius 3 is 2.67 bits per heavy atom. The van der Waals surface area contributed by atoms with E-state index >= 15 is 0 Å².